The van der Waals surface area contributed by atoms with E-state index in [1.54, 1.807) is 0 Å². The first-order valence-electron chi connectivity index (χ1n) is 12.0. The Balaban J connectivity index is 1.60. The van der Waals surface area contributed by atoms with Crippen molar-refractivity contribution in [2.75, 3.05) is 12.9 Å². The maximum atomic E-state index is 13.4. The van der Waals surface area contributed by atoms with Gasteiger partial charge in [-0.2, -0.15) is 8.42 Å². The van der Waals surface area contributed by atoms with E-state index in [0.29, 0.717) is 16.7 Å². The number of nitro benzene ring substituents is 2. The third kappa shape index (κ3) is 5.67. The Labute approximate surface area is 236 Å². The summed E-state index contributed by atoms with van der Waals surface area (Å²) in [7, 11) is -4.13. The van der Waals surface area contributed by atoms with Crippen molar-refractivity contribution in [1.29, 1.82) is 0 Å². The van der Waals surface area contributed by atoms with Crippen LogP contribution < -0.4 is 0 Å². The number of likely N-dealkylation sites (tertiary alicyclic amines) is 1. The first-order chi connectivity index (χ1) is 19.6. The number of fused-ring (bicyclic) bond motifs is 1. The monoisotopic (exact) mass is 606 g/mol. The summed E-state index contributed by atoms with van der Waals surface area (Å²) in [6.45, 7) is -0.0805. The quantitative estimate of drug-likeness (QED) is 0.0896. The predicted molar refractivity (Wildman–Crippen MR) is 137 cm³/mol. The molecule has 2 aromatic carbocycles. The summed E-state index contributed by atoms with van der Waals surface area (Å²) in [4.78, 5) is 74.5. The van der Waals surface area contributed by atoms with E-state index in [0.717, 1.165) is 30.0 Å². The highest BCUT2D eigenvalue weighted by molar-refractivity contribution is 7.85. The highest BCUT2D eigenvalue weighted by Gasteiger charge is 2.60. The number of imide groups is 1. The molecule has 0 saturated carbocycles. The molecule has 2 heterocycles. The number of nitrogens with zero attached hydrogens (tertiary/aromatic N) is 4. The molecule has 0 aliphatic carbocycles. The molecule has 2 aliphatic heterocycles. The van der Waals surface area contributed by atoms with E-state index in [-0.39, 0.29) is 16.8 Å². The van der Waals surface area contributed by atoms with Crippen molar-refractivity contribution >= 4 is 45.2 Å². The van der Waals surface area contributed by atoms with Crippen LogP contribution in [-0.2, 0) is 35.2 Å². The molecule has 18 heteroatoms. The summed E-state index contributed by atoms with van der Waals surface area (Å²) < 4.78 is 33.5. The molecule has 17 nitrogen and oxygen atoms in total. The summed E-state index contributed by atoms with van der Waals surface area (Å²) in [6, 6.07) is 3.04. The van der Waals surface area contributed by atoms with Gasteiger partial charge in [0.05, 0.1) is 46.0 Å². The molecular formula is C24H22N4O13S. The largest absolute Gasteiger partial charge is 0.459 e. The van der Waals surface area contributed by atoms with Crippen LogP contribution in [0.3, 0.4) is 0 Å². The zero-order chi connectivity index (χ0) is 31.1. The average molecular weight is 607 g/mol. The SMILES string of the molecule is C[C@@H](O)C(C(=O)OCc1ccc([N+](=O)[O-])cc1)N1C(=O)C(N2C(=O)c3ccc([N+](=O)[O-])cc3C2=O)C1COS(C)(=O)=O. The van der Waals surface area contributed by atoms with Crippen LogP contribution in [0.5, 0.6) is 0 Å². The second kappa shape index (κ2) is 11.2. The fourth-order valence-electron chi connectivity index (χ4n) is 4.65. The Morgan fingerprint density at radius 2 is 1.57 bits per heavy atom. The van der Waals surface area contributed by atoms with E-state index >= 15 is 0 Å². The van der Waals surface area contributed by atoms with E-state index in [9.17, 15) is 52.9 Å². The lowest BCUT2D eigenvalue weighted by molar-refractivity contribution is -0.385. The van der Waals surface area contributed by atoms with Gasteiger partial charge in [-0.3, -0.25) is 43.7 Å². The lowest BCUT2D eigenvalue weighted by Gasteiger charge is -2.52. The third-order valence-electron chi connectivity index (χ3n) is 6.60. The summed E-state index contributed by atoms with van der Waals surface area (Å²) in [6.07, 6.45) is -0.886. The van der Waals surface area contributed by atoms with Crippen LogP contribution in [0.2, 0.25) is 0 Å². The van der Waals surface area contributed by atoms with Crippen LogP contribution in [0.15, 0.2) is 42.5 Å². The number of aliphatic hydroxyl groups is 1. The fourth-order valence-corrected chi connectivity index (χ4v) is 5.04. The normalized spacial score (nSPS) is 19.6. The average Bonchev–Trinajstić information content (AvgIpc) is 3.16. The predicted octanol–water partition coefficient (Wildman–Crippen LogP) is 0.147. The summed E-state index contributed by atoms with van der Waals surface area (Å²) in [5.74, 6) is -4.21. The number of hydrogen-bond donors (Lipinski definition) is 1. The number of benzene rings is 2. The van der Waals surface area contributed by atoms with E-state index in [2.05, 4.69) is 0 Å². The lowest BCUT2D eigenvalue weighted by Crippen LogP contribution is -2.77. The van der Waals surface area contributed by atoms with Crippen molar-refractivity contribution in [1.82, 2.24) is 9.80 Å². The molecule has 0 spiro atoms. The molecule has 222 valence electrons. The molecule has 2 aromatic rings. The minimum absolute atomic E-state index is 0.208. The van der Waals surface area contributed by atoms with Gasteiger partial charge in [0.15, 0.2) is 6.04 Å². The van der Waals surface area contributed by atoms with Crippen molar-refractivity contribution in [2.45, 2.75) is 37.8 Å². The number of nitro groups is 2. The number of carbonyl (C=O) groups is 4. The van der Waals surface area contributed by atoms with E-state index in [1.165, 1.54) is 24.3 Å². The molecule has 42 heavy (non-hydrogen) atoms. The van der Waals surface area contributed by atoms with Gasteiger partial charge in [-0.15, -0.1) is 0 Å². The van der Waals surface area contributed by atoms with Crippen LogP contribution in [0, 0.1) is 20.2 Å². The van der Waals surface area contributed by atoms with Gasteiger partial charge in [-0.05, 0) is 30.7 Å². The van der Waals surface area contributed by atoms with Crippen LogP contribution in [0.1, 0.15) is 33.2 Å². The second-order valence-corrected chi connectivity index (χ2v) is 11.1. The summed E-state index contributed by atoms with van der Waals surface area (Å²) in [5, 5.41) is 32.4. The molecule has 0 radical (unpaired) electrons. The number of aliphatic hydroxyl groups excluding tert-OH is 1. The van der Waals surface area contributed by atoms with Crippen molar-refractivity contribution in [3.63, 3.8) is 0 Å². The van der Waals surface area contributed by atoms with Gasteiger partial charge in [0, 0.05) is 24.3 Å². The molecule has 3 unspecified atom stereocenters. The molecule has 0 bridgehead atoms. The Kier molecular flexibility index (Phi) is 8.06. The van der Waals surface area contributed by atoms with Gasteiger partial charge < -0.3 is 14.7 Å². The second-order valence-electron chi connectivity index (χ2n) is 9.43. The zero-order valence-electron chi connectivity index (χ0n) is 21.8. The van der Waals surface area contributed by atoms with E-state index < -0.39 is 86.8 Å². The summed E-state index contributed by atoms with van der Waals surface area (Å²) >= 11 is 0. The molecule has 4 rings (SSSR count). The van der Waals surface area contributed by atoms with Crippen LogP contribution in [0.25, 0.3) is 0 Å². The minimum Gasteiger partial charge on any atom is -0.459 e. The van der Waals surface area contributed by atoms with Gasteiger partial charge in [-0.1, -0.05) is 0 Å². The van der Waals surface area contributed by atoms with Crippen molar-refractivity contribution in [3.8, 4) is 0 Å². The van der Waals surface area contributed by atoms with Crippen LogP contribution in [-0.4, -0.2) is 94.0 Å². The highest BCUT2D eigenvalue weighted by atomic mass is 32.2. The molecule has 2 aliphatic rings. The Morgan fingerprint density at radius 3 is 2.12 bits per heavy atom. The number of carbonyl (C=O) groups excluding carboxylic acids is 4. The number of non-ortho nitro benzene ring substituents is 2. The van der Waals surface area contributed by atoms with Gasteiger partial charge in [0.1, 0.15) is 12.6 Å². The fraction of sp³-hybridized carbons (Fsp3) is 0.333. The van der Waals surface area contributed by atoms with Crippen LogP contribution >= 0.6 is 0 Å². The Hall–Kier alpha value is -4.81. The summed E-state index contributed by atoms with van der Waals surface area (Å²) in [5.41, 5.74) is -0.934. The Bertz CT molecular complexity index is 1610. The van der Waals surface area contributed by atoms with E-state index in [4.69, 9.17) is 8.92 Å². The molecular weight excluding hydrogens is 584 g/mol. The number of β-lactam (4-membered cyclic amide) rings is 1. The van der Waals surface area contributed by atoms with Crippen LogP contribution in [0.4, 0.5) is 11.4 Å². The maximum Gasteiger partial charge on any atom is 0.331 e. The Morgan fingerprint density at radius 1 is 1.00 bits per heavy atom. The number of esters is 1. The topological polar surface area (TPSA) is 234 Å². The molecule has 4 atom stereocenters. The minimum atomic E-state index is -4.13. The van der Waals surface area contributed by atoms with Crippen molar-refractivity contribution in [2.24, 2.45) is 0 Å². The molecule has 3 amide bonds. The number of ether oxygens (including phenoxy) is 1. The molecule has 1 fully saturated rings. The number of amides is 3. The van der Waals surface area contributed by atoms with Gasteiger partial charge in [0.25, 0.3) is 33.3 Å². The van der Waals surface area contributed by atoms with Gasteiger partial charge in [0.2, 0.25) is 5.91 Å². The first-order valence-corrected chi connectivity index (χ1v) is 13.8. The van der Waals surface area contributed by atoms with Crippen molar-refractivity contribution < 1.29 is 51.5 Å². The number of hydrogen-bond acceptors (Lipinski definition) is 13. The maximum absolute atomic E-state index is 13.4. The molecule has 1 saturated heterocycles. The lowest BCUT2D eigenvalue weighted by atomic mass is 9.90. The standard InChI is InChI=1S/C24H22N4O13S/c1-12(29)19(24(33)40-10-13-3-5-14(6-4-13)27(34)35)25-18(11-41-42(2,38)39)20(23(25)32)26-21(30)16-8-7-15(28(36)37)9-17(16)22(26)31/h3-9,12,18-20,29H,10-11H2,1-2H3/t12-,18?,19?,20?/m1/s1. The zero-order valence-corrected chi connectivity index (χ0v) is 22.6. The van der Waals surface area contributed by atoms with Crippen molar-refractivity contribution in [3.05, 3.63) is 79.4 Å². The highest BCUT2D eigenvalue weighted by Crippen LogP contribution is 2.36. The molecule has 1 N–H and O–H groups in total. The first kappa shape index (κ1) is 30.2. The smallest absolute Gasteiger partial charge is 0.331 e. The van der Waals surface area contributed by atoms with Gasteiger partial charge >= 0.3 is 5.97 Å². The molecule has 0 aromatic heterocycles. The van der Waals surface area contributed by atoms with E-state index in [1.807, 2.05) is 0 Å². The third-order valence-corrected chi connectivity index (χ3v) is 7.16. The van der Waals surface area contributed by atoms with Gasteiger partial charge in [-0.25, -0.2) is 4.79 Å². The number of rotatable bonds is 11.